The molecular formula is C9H12FN3O3. The quantitative estimate of drug-likeness (QED) is 0.695. The number of H-pyrrole nitrogens is 1. The Balaban J connectivity index is 2.05. The highest BCUT2D eigenvalue weighted by atomic mass is 19.1. The third-order valence-corrected chi connectivity index (χ3v) is 2.46. The van der Waals surface area contributed by atoms with Crippen LogP contribution in [0.1, 0.15) is 10.5 Å². The number of aromatic amines is 1. The van der Waals surface area contributed by atoms with Crippen LogP contribution in [0.3, 0.4) is 0 Å². The zero-order valence-electron chi connectivity index (χ0n) is 8.70. The fourth-order valence-corrected chi connectivity index (χ4v) is 1.51. The van der Waals surface area contributed by atoms with Crippen LogP contribution in [0.5, 0.6) is 0 Å². The highest BCUT2D eigenvalue weighted by Crippen LogP contribution is 2.09. The molecule has 1 aliphatic rings. The molecule has 1 amide bonds. The van der Waals surface area contributed by atoms with Gasteiger partial charge in [-0.3, -0.25) is 19.4 Å². The van der Waals surface area contributed by atoms with Crippen molar-refractivity contribution in [3.8, 4) is 0 Å². The number of halogens is 1. The maximum atomic E-state index is 13.1. The fourth-order valence-electron chi connectivity index (χ4n) is 1.51. The van der Waals surface area contributed by atoms with Crippen molar-refractivity contribution in [1.82, 2.24) is 15.1 Å². The largest absolute Gasteiger partial charge is 0.376 e. The summed E-state index contributed by atoms with van der Waals surface area (Å²) >= 11 is 0. The Labute approximate surface area is 90.4 Å². The summed E-state index contributed by atoms with van der Waals surface area (Å²) in [5.41, 5.74) is -0.198. The van der Waals surface area contributed by atoms with Crippen molar-refractivity contribution in [2.45, 2.75) is 12.2 Å². The van der Waals surface area contributed by atoms with Gasteiger partial charge in [0.25, 0.3) is 11.5 Å². The lowest BCUT2D eigenvalue weighted by atomic mass is 10.2. The van der Waals surface area contributed by atoms with Crippen molar-refractivity contribution in [3.63, 3.8) is 0 Å². The second-order valence-corrected chi connectivity index (χ2v) is 3.70. The standard InChI is InChI=1S/C9H12FN3O3/c1-13-8(14)2-6(12-13)9(15)11-7-4-16-3-5(7)10/h2,5,7,12H,3-4H2,1H3,(H,11,15)/t5-,7+/m0/s1. The topological polar surface area (TPSA) is 76.1 Å². The first-order chi connectivity index (χ1) is 7.58. The van der Waals surface area contributed by atoms with E-state index in [1.54, 1.807) is 0 Å². The molecule has 1 aliphatic heterocycles. The second-order valence-electron chi connectivity index (χ2n) is 3.70. The summed E-state index contributed by atoms with van der Waals surface area (Å²) in [6.45, 7) is 0.153. The van der Waals surface area contributed by atoms with Gasteiger partial charge in [0.15, 0.2) is 0 Å². The van der Waals surface area contributed by atoms with E-state index in [9.17, 15) is 14.0 Å². The zero-order chi connectivity index (χ0) is 11.7. The number of amides is 1. The minimum atomic E-state index is -1.20. The maximum absolute atomic E-state index is 13.1. The zero-order valence-corrected chi connectivity index (χ0v) is 8.70. The number of carbonyl (C=O) groups is 1. The number of hydrogen-bond donors (Lipinski definition) is 2. The number of hydrogen-bond acceptors (Lipinski definition) is 3. The molecule has 0 spiro atoms. The highest BCUT2D eigenvalue weighted by molar-refractivity contribution is 5.92. The summed E-state index contributed by atoms with van der Waals surface area (Å²) in [6.07, 6.45) is -1.20. The average Bonchev–Trinajstić information content (AvgIpc) is 2.76. The van der Waals surface area contributed by atoms with Crippen LogP contribution in [0, 0.1) is 0 Å². The van der Waals surface area contributed by atoms with Gasteiger partial charge in [0.2, 0.25) is 0 Å². The molecule has 16 heavy (non-hydrogen) atoms. The van der Waals surface area contributed by atoms with Gasteiger partial charge in [0.05, 0.1) is 19.3 Å². The van der Waals surface area contributed by atoms with Crippen molar-refractivity contribution >= 4 is 5.91 Å². The first kappa shape index (κ1) is 10.9. The second kappa shape index (κ2) is 4.09. The predicted octanol–water partition coefficient (Wildman–Crippen LogP) is -0.820. The van der Waals surface area contributed by atoms with Gasteiger partial charge in [-0.1, -0.05) is 0 Å². The lowest BCUT2D eigenvalue weighted by Crippen LogP contribution is -2.41. The van der Waals surface area contributed by atoms with E-state index in [1.807, 2.05) is 0 Å². The van der Waals surface area contributed by atoms with E-state index in [-0.39, 0.29) is 24.5 Å². The number of nitrogens with one attached hydrogen (secondary N) is 2. The van der Waals surface area contributed by atoms with Crippen LogP contribution in [0.15, 0.2) is 10.9 Å². The number of aryl methyl sites for hydroxylation is 1. The first-order valence-electron chi connectivity index (χ1n) is 4.86. The van der Waals surface area contributed by atoms with E-state index >= 15 is 0 Å². The van der Waals surface area contributed by atoms with Gasteiger partial charge in [-0.25, -0.2) is 4.39 Å². The van der Waals surface area contributed by atoms with Gasteiger partial charge in [-0.15, -0.1) is 0 Å². The number of nitrogens with zero attached hydrogens (tertiary/aromatic N) is 1. The Morgan fingerprint density at radius 1 is 1.69 bits per heavy atom. The number of rotatable bonds is 2. The summed E-state index contributed by atoms with van der Waals surface area (Å²) in [5, 5.41) is 5.02. The van der Waals surface area contributed by atoms with E-state index < -0.39 is 18.1 Å². The van der Waals surface area contributed by atoms with Gasteiger partial charge in [0, 0.05) is 13.1 Å². The normalized spacial score (nSPS) is 24.6. The Hall–Kier alpha value is -1.63. The predicted molar refractivity (Wildman–Crippen MR) is 53.0 cm³/mol. The molecule has 0 saturated carbocycles. The number of ether oxygens (including phenoxy) is 1. The van der Waals surface area contributed by atoms with Gasteiger partial charge in [-0.05, 0) is 0 Å². The molecule has 7 heteroatoms. The fraction of sp³-hybridized carbons (Fsp3) is 0.556. The Morgan fingerprint density at radius 2 is 2.44 bits per heavy atom. The van der Waals surface area contributed by atoms with Crippen LogP contribution in [-0.4, -0.2) is 41.1 Å². The van der Waals surface area contributed by atoms with Crippen LogP contribution in [0.25, 0.3) is 0 Å². The third kappa shape index (κ3) is 1.99. The lowest BCUT2D eigenvalue weighted by Gasteiger charge is -2.11. The van der Waals surface area contributed by atoms with Crippen molar-refractivity contribution < 1.29 is 13.9 Å². The molecule has 0 unspecified atom stereocenters. The monoisotopic (exact) mass is 229 g/mol. The van der Waals surface area contributed by atoms with Crippen LogP contribution < -0.4 is 10.9 Å². The summed E-state index contributed by atoms with van der Waals surface area (Å²) in [7, 11) is 1.50. The van der Waals surface area contributed by atoms with Crippen LogP contribution in [-0.2, 0) is 11.8 Å². The van der Waals surface area contributed by atoms with Crippen LogP contribution in [0.4, 0.5) is 4.39 Å². The van der Waals surface area contributed by atoms with Crippen molar-refractivity contribution in [2.24, 2.45) is 7.05 Å². The van der Waals surface area contributed by atoms with E-state index in [0.717, 1.165) is 0 Å². The average molecular weight is 229 g/mol. The molecule has 1 aromatic heterocycles. The molecule has 2 rings (SSSR count). The molecule has 0 aromatic carbocycles. The smallest absolute Gasteiger partial charge is 0.269 e. The molecule has 2 atom stereocenters. The SMILES string of the molecule is Cn1[nH]c(C(=O)N[C@@H]2COC[C@@H]2F)cc1=O. The molecule has 88 valence electrons. The van der Waals surface area contributed by atoms with E-state index in [4.69, 9.17) is 4.74 Å². The van der Waals surface area contributed by atoms with E-state index in [2.05, 4.69) is 10.4 Å². The molecule has 1 aromatic rings. The van der Waals surface area contributed by atoms with Crippen molar-refractivity contribution in [3.05, 3.63) is 22.1 Å². The maximum Gasteiger partial charge on any atom is 0.269 e. The van der Waals surface area contributed by atoms with Gasteiger partial charge >= 0.3 is 0 Å². The molecule has 2 N–H and O–H groups in total. The lowest BCUT2D eigenvalue weighted by molar-refractivity contribution is 0.0914. The number of aromatic nitrogens is 2. The van der Waals surface area contributed by atoms with Crippen molar-refractivity contribution in [2.75, 3.05) is 13.2 Å². The minimum absolute atomic E-state index is 0.00371. The van der Waals surface area contributed by atoms with E-state index in [0.29, 0.717) is 0 Å². The summed E-state index contributed by atoms with van der Waals surface area (Å²) in [5.74, 6) is -0.504. The molecule has 1 fully saturated rings. The van der Waals surface area contributed by atoms with Gasteiger partial charge in [-0.2, -0.15) is 0 Å². The third-order valence-electron chi connectivity index (χ3n) is 2.46. The molecule has 6 nitrogen and oxygen atoms in total. The Bertz CT molecular complexity index is 453. The van der Waals surface area contributed by atoms with Crippen LogP contribution >= 0.6 is 0 Å². The first-order valence-corrected chi connectivity index (χ1v) is 4.86. The number of carbonyl (C=O) groups excluding carboxylic acids is 1. The van der Waals surface area contributed by atoms with Crippen molar-refractivity contribution in [1.29, 1.82) is 0 Å². The molecule has 2 heterocycles. The summed E-state index contributed by atoms with van der Waals surface area (Å²) in [4.78, 5) is 22.7. The minimum Gasteiger partial charge on any atom is -0.376 e. The molecule has 0 radical (unpaired) electrons. The van der Waals surface area contributed by atoms with Gasteiger partial charge in [0.1, 0.15) is 11.9 Å². The molecule has 1 saturated heterocycles. The van der Waals surface area contributed by atoms with Gasteiger partial charge < -0.3 is 10.1 Å². The Morgan fingerprint density at radius 3 is 2.94 bits per heavy atom. The molecular weight excluding hydrogens is 217 g/mol. The molecule has 0 aliphatic carbocycles. The Kier molecular flexibility index (Phi) is 2.78. The molecule has 0 bridgehead atoms. The number of alkyl halides is 1. The summed E-state index contributed by atoms with van der Waals surface area (Å²) < 4.78 is 19.2. The van der Waals surface area contributed by atoms with Crippen LogP contribution in [0.2, 0.25) is 0 Å². The summed E-state index contributed by atoms with van der Waals surface area (Å²) in [6, 6.07) is 0.523. The highest BCUT2D eigenvalue weighted by Gasteiger charge is 2.29. The van der Waals surface area contributed by atoms with E-state index in [1.165, 1.54) is 17.8 Å².